The standard InChI is InChI=1S/C18H18ClN3O4S2/c1-12(23)20-14-5-8-16-17(11-14)27-18(22(16)9-10-26-2)21-28(24,25)15-6-3-13(19)4-7-15/h3-8,11H,9-10H2,1-2H3,(H,20,23). The summed E-state index contributed by atoms with van der Waals surface area (Å²) in [6.07, 6.45) is 0. The Bertz CT molecular complexity index is 1180. The molecule has 28 heavy (non-hydrogen) atoms. The average Bonchev–Trinajstić information content (AvgIpc) is 2.95. The number of hydrogen-bond donors (Lipinski definition) is 1. The number of ether oxygens (including phenoxy) is 1. The highest BCUT2D eigenvalue weighted by molar-refractivity contribution is 7.90. The first-order chi connectivity index (χ1) is 13.3. The van der Waals surface area contributed by atoms with Gasteiger partial charge in [-0.2, -0.15) is 8.42 Å². The zero-order chi connectivity index (χ0) is 20.3. The molecule has 0 unspecified atom stereocenters. The summed E-state index contributed by atoms with van der Waals surface area (Å²) < 4.78 is 37.2. The fourth-order valence-corrected chi connectivity index (χ4v) is 5.01. The first-order valence-corrected chi connectivity index (χ1v) is 10.9. The molecule has 0 spiro atoms. The highest BCUT2D eigenvalue weighted by atomic mass is 35.5. The van der Waals surface area contributed by atoms with E-state index < -0.39 is 10.0 Å². The van der Waals surface area contributed by atoms with Gasteiger partial charge in [-0.1, -0.05) is 22.9 Å². The van der Waals surface area contributed by atoms with Gasteiger partial charge in [-0.05, 0) is 42.5 Å². The Kier molecular flexibility index (Phi) is 6.19. The highest BCUT2D eigenvalue weighted by Crippen LogP contribution is 2.23. The number of benzene rings is 2. The number of anilines is 1. The van der Waals surface area contributed by atoms with E-state index in [1.54, 1.807) is 23.8 Å². The minimum absolute atomic E-state index is 0.0617. The Hall–Kier alpha value is -2.20. The van der Waals surface area contributed by atoms with E-state index >= 15 is 0 Å². The number of carbonyl (C=O) groups excluding carboxylic acids is 1. The molecule has 0 aliphatic carbocycles. The van der Waals surface area contributed by atoms with Gasteiger partial charge in [0.05, 0.1) is 21.7 Å². The molecule has 7 nitrogen and oxygen atoms in total. The van der Waals surface area contributed by atoms with Gasteiger partial charge >= 0.3 is 0 Å². The second kappa shape index (κ2) is 8.44. The molecule has 1 N–H and O–H groups in total. The zero-order valence-corrected chi connectivity index (χ0v) is 17.6. The summed E-state index contributed by atoms with van der Waals surface area (Å²) in [4.78, 5) is 11.7. The minimum atomic E-state index is -3.91. The molecular weight excluding hydrogens is 422 g/mol. The van der Waals surface area contributed by atoms with Gasteiger partial charge in [0.1, 0.15) is 0 Å². The molecule has 0 fully saturated rings. The smallest absolute Gasteiger partial charge is 0.285 e. The summed E-state index contributed by atoms with van der Waals surface area (Å²) in [6, 6.07) is 11.2. The number of carbonyl (C=O) groups is 1. The van der Waals surface area contributed by atoms with Crippen LogP contribution in [0.5, 0.6) is 0 Å². The third kappa shape index (κ3) is 4.61. The number of hydrogen-bond acceptors (Lipinski definition) is 5. The van der Waals surface area contributed by atoms with Crippen LogP contribution >= 0.6 is 22.9 Å². The van der Waals surface area contributed by atoms with Crippen LogP contribution in [-0.4, -0.2) is 32.6 Å². The van der Waals surface area contributed by atoms with E-state index in [0.717, 1.165) is 10.2 Å². The first-order valence-electron chi connectivity index (χ1n) is 8.26. The van der Waals surface area contributed by atoms with Crippen molar-refractivity contribution in [1.82, 2.24) is 4.57 Å². The third-order valence-corrected chi connectivity index (χ3v) is 6.52. The molecular formula is C18H18ClN3O4S2. The normalized spacial score (nSPS) is 12.5. The predicted octanol–water partition coefficient (Wildman–Crippen LogP) is 3.25. The van der Waals surface area contributed by atoms with E-state index in [9.17, 15) is 13.2 Å². The van der Waals surface area contributed by atoms with Gasteiger partial charge in [0, 0.05) is 31.3 Å². The van der Waals surface area contributed by atoms with E-state index in [2.05, 4.69) is 9.71 Å². The number of fused-ring (bicyclic) bond motifs is 1. The molecule has 148 valence electrons. The monoisotopic (exact) mass is 439 g/mol. The lowest BCUT2D eigenvalue weighted by molar-refractivity contribution is -0.114. The maximum atomic E-state index is 12.7. The van der Waals surface area contributed by atoms with Crippen molar-refractivity contribution in [3.63, 3.8) is 0 Å². The van der Waals surface area contributed by atoms with Crippen molar-refractivity contribution in [2.24, 2.45) is 4.40 Å². The number of aromatic nitrogens is 1. The molecule has 0 saturated heterocycles. The van der Waals surface area contributed by atoms with E-state index in [1.165, 1.54) is 42.5 Å². The topological polar surface area (TPSA) is 89.8 Å². The van der Waals surface area contributed by atoms with Crippen molar-refractivity contribution in [3.05, 3.63) is 52.3 Å². The summed E-state index contributed by atoms with van der Waals surface area (Å²) in [5, 5.41) is 3.17. The van der Waals surface area contributed by atoms with Crippen LogP contribution in [0.3, 0.4) is 0 Å². The zero-order valence-electron chi connectivity index (χ0n) is 15.2. The fourth-order valence-electron chi connectivity index (χ4n) is 2.59. The number of amides is 1. The highest BCUT2D eigenvalue weighted by Gasteiger charge is 2.15. The molecule has 3 aromatic rings. The van der Waals surface area contributed by atoms with Crippen LogP contribution in [0, 0.1) is 0 Å². The number of sulfonamides is 1. The van der Waals surface area contributed by atoms with Crippen molar-refractivity contribution >= 4 is 54.8 Å². The van der Waals surface area contributed by atoms with E-state index in [0.29, 0.717) is 28.7 Å². The molecule has 0 atom stereocenters. The van der Waals surface area contributed by atoms with E-state index in [1.807, 2.05) is 6.07 Å². The molecule has 2 aromatic carbocycles. The van der Waals surface area contributed by atoms with Gasteiger partial charge in [-0.25, -0.2) is 0 Å². The lowest BCUT2D eigenvalue weighted by Gasteiger charge is -2.06. The lowest BCUT2D eigenvalue weighted by atomic mass is 10.3. The van der Waals surface area contributed by atoms with Crippen molar-refractivity contribution in [2.75, 3.05) is 19.0 Å². The summed E-state index contributed by atoms with van der Waals surface area (Å²) >= 11 is 7.06. The van der Waals surface area contributed by atoms with Crippen molar-refractivity contribution < 1.29 is 17.9 Å². The predicted molar refractivity (Wildman–Crippen MR) is 110 cm³/mol. The van der Waals surface area contributed by atoms with Crippen LogP contribution in [-0.2, 0) is 26.1 Å². The summed E-state index contributed by atoms with van der Waals surface area (Å²) in [5.41, 5.74) is 1.44. The molecule has 0 aliphatic heterocycles. The second-order valence-corrected chi connectivity index (χ2v) is 8.96. The Morgan fingerprint density at radius 3 is 2.61 bits per heavy atom. The van der Waals surface area contributed by atoms with Crippen LogP contribution in [0.4, 0.5) is 5.69 Å². The number of thiazole rings is 1. The molecule has 1 heterocycles. The second-order valence-electron chi connectivity index (χ2n) is 5.91. The Morgan fingerprint density at radius 2 is 1.96 bits per heavy atom. The van der Waals surface area contributed by atoms with Gasteiger partial charge in [0.2, 0.25) is 10.7 Å². The summed E-state index contributed by atoms with van der Waals surface area (Å²) in [7, 11) is -2.33. The Balaban J connectivity index is 2.15. The molecule has 0 radical (unpaired) electrons. The summed E-state index contributed by atoms with van der Waals surface area (Å²) in [5.74, 6) is -0.182. The van der Waals surface area contributed by atoms with Crippen LogP contribution in [0.1, 0.15) is 6.92 Å². The fraction of sp³-hybridized carbons (Fsp3) is 0.222. The van der Waals surface area contributed by atoms with Crippen LogP contribution in [0.15, 0.2) is 51.8 Å². The van der Waals surface area contributed by atoms with E-state index in [-0.39, 0.29) is 10.8 Å². The quantitative estimate of drug-likeness (QED) is 0.638. The number of methoxy groups -OCH3 is 1. The molecule has 1 aromatic heterocycles. The van der Waals surface area contributed by atoms with E-state index in [4.69, 9.17) is 16.3 Å². The molecule has 0 aliphatic rings. The van der Waals surface area contributed by atoms with Crippen LogP contribution in [0.25, 0.3) is 10.2 Å². The number of rotatable bonds is 6. The van der Waals surface area contributed by atoms with Gasteiger partial charge in [0.15, 0.2) is 0 Å². The van der Waals surface area contributed by atoms with Gasteiger partial charge in [-0.3, -0.25) is 4.79 Å². The molecule has 0 saturated carbocycles. The van der Waals surface area contributed by atoms with Crippen molar-refractivity contribution in [1.29, 1.82) is 0 Å². The lowest BCUT2D eigenvalue weighted by Crippen LogP contribution is -2.19. The molecule has 3 rings (SSSR count). The summed E-state index contributed by atoms with van der Waals surface area (Å²) in [6.45, 7) is 2.26. The van der Waals surface area contributed by atoms with Gasteiger partial charge in [-0.15, -0.1) is 4.40 Å². The average molecular weight is 440 g/mol. The first kappa shape index (κ1) is 20.5. The molecule has 1 amide bonds. The van der Waals surface area contributed by atoms with Gasteiger partial charge < -0.3 is 14.6 Å². The van der Waals surface area contributed by atoms with Crippen molar-refractivity contribution in [2.45, 2.75) is 18.4 Å². The SMILES string of the molecule is COCCn1c(=NS(=O)(=O)c2ccc(Cl)cc2)sc2cc(NC(C)=O)ccc21. The Morgan fingerprint density at radius 1 is 1.25 bits per heavy atom. The van der Waals surface area contributed by atoms with Gasteiger partial charge in [0.25, 0.3) is 10.0 Å². The number of halogens is 1. The number of nitrogens with one attached hydrogen (secondary N) is 1. The van der Waals surface area contributed by atoms with Crippen LogP contribution < -0.4 is 10.1 Å². The number of nitrogens with zero attached hydrogens (tertiary/aromatic N) is 2. The minimum Gasteiger partial charge on any atom is -0.383 e. The third-order valence-electron chi connectivity index (χ3n) is 3.83. The molecule has 0 bridgehead atoms. The molecule has 10 heteroatoms. The van der Waals surface area contributed by atoms with Crippen molar-refractivity contribution in [3.8, 4) is 0 Å². The van der Waals surface area contributed by atoms with Crippen LogP contribution in [0.2, 0.25) is 5.02 Å². The maximum absolute atomic E-state index is 12.7. The Labute approximate surface area is 171 Å². The largest absolute Gasteiger partial charge is 0.383 e. The maximum Gasteiger partial charge on any atom is 0.285 e.